The van der Waals surface area contributed by atoms with E-state index in [1.807, 2.05) is 38.1 Å². The van der Waals surface area contributed by atoms with Crippen LogP contribution in [-0.2, 0) is 21.2 Å². The molecule has 0 unspecified atom stereocenters. The smallest absolute Gasteiger partial charge is 0.243 e. The summed E-state index contributed by atoms with van der Waals surface area (Å²) in [6, 6.07) is 12.2. The van der Waals surface area contributed by atoms with E-state index in [1.54, 1.807) is 0 Å². The molecule has 2 rings (SSSR count). The summed E-state index contributed by atoms with van der Waals surface area (Å²) in [5.41, 5.74) is 1.12. The lowest BCUT2D eigenvalue weighted by atomic mass is 10.1. The topological polar surface area (TPSA) is 94.2 Å². The number of hydrogen-bond acceptors (Lipinski definition) is 6. The first kappa shape index (κ1) is 25.5. The fraction of sp³-hybridized carbons (Fsp3) is 0.435. The highest BCUT2D eigenvalue weighted by Crippen LogP contribution is 2.30. The van der Waals surface area contributed by atoms with Crippen LogP contribution in [-0.4, -0.2) is 59.1 Å². The third-order valence-corrected chi connectivity index (χ3v) is 6.46. The summed E-state index contributed by atoms with van der Waals surface area (Å²) in [5.74, 6) is 1.18. The van der Waals surface area contributed by atoms with Gasteiger partial charge in [-0.2, -0.15) is 4.31 Å². The first-order valence-electron chi connectivity index (χ1n) is 10.4. The minimum absolute atomic E-state index is 0.0222. The number of rotatable bonds is 12. The van der Waals surface area contributed by atoms with Gasteiger partial charge in [0.05, 0.1) is 31.8 Å². The van der Waals surface area contributed by atoms with Gasteiger partial charge in [0.15, 0.2) is 11.5 Å². The van der Waals surface area contributed by atoms with Crippen molar-refractivity contribution in [2.75, 3.05) is 34.4 Å². The van der Waals surface area contributed by atoms with E-state index in [0.717, 1.165) is 28.5 Å². The summed E-state index contributed by atoms with van der Waals surface area (Å²) >= 11 is 0. The second-order valence-electron chi connectivity index (χ2n) is 7.55. The highest BCUT2D eigenvalue weighted by Gasteiger charge is 2.24. The molecule has 0 aliphatic rings. The fourth-order valence-corrected chi connectivity index (χ4v) is 4.21. The van der Waals surface area contributed by atoms with Gasteiger partial charge in [-0.05, 0) is 56.5 Å². The normalized spacial score (nSPS) is 11.5. The van der Waals surface area contributed by atoms with Crippen LogP contribution < -0.4 is 19.5 Å². The highest BCUT2D eigenvalue weighted by molar-refractivity contribution is 7.89. The average Bonchev–Trinajstić information content (AvgIpc) is 2.75. The minimum atomic E-state index is -3.86. The quantitative estimate of drug-likeness (QED) is 0.486. The molecule has 0 spiro atoms. The molecule has 0 fully saturated rings. The summed E-state index contributed by atoms with van der Waals surface area (Å²) in [6.45, 7) is 4.11. The van der Waals surface area contributed by atoms with Crippen molar-refractivity contribution in [3.05, 3.63) is 48.0 Å². The summed E-state index contributed by atoms with van der Waals surface area (Å²) in [5, 5.41) is 2.77. The first-order chi connectivity index (χ1) is 15.2. The Morgan fingerprint density at radius 1 is 1.06 bits per heavy atom. The van der Waals surface area contributed by atoms with Crippen molar-refractivity contribution in [3.8, 4) is 17.2 Å². The fourth-order valence-electron chi connectivity index (χ4n) is 3.07. The second-order valence-corrected chi connectivity index (χ2v) is 9.59. The lowest BCUT2D eigenvalue weighted by Gasteiger charge is -2.18. The van der Waals surface area contributed by atoms with E-state index in [9.17, 15) is 13.2 Å². The lowest BCUT2D eigenvalue weighted by molar-refractivity contribution is -0.121. The number of amides is 1. The number of ether oxygens (including phenoxy) is 3. The van der Waals surface area contributed by atoms with E-state index in [0.29, 0.717) is 18.0 Å². The van der Waals surface area contributed by atoms with Crippen LogP contribution in [0, 0.1) is 0 Å². The van der Waals surface area contributed by atoms with Crippen LogP contribution in [0.3, 0.4) is 0 Å². The van der Waals surface area contributed by atoms with E-state index >= 15 is 0 Å². The Labute approximate surface area is 190 Å². The van der Waals surface area contributed by atoms with Gasteiger partial charge < -0.3 is 19.5 Å². The highest BCUT2D eigenvalue weighted by atomic mass is 32.2. The maximum absolute atomic E-state index is 12.8. The number of carbonyl (C=O) groups excluding carboxylic acids is 1. The largest absolute Gasteiger partial charge is 0.493 e. The van der Waals surface area contributed by atoms with Crippen molar-refractivity contribution in [1.29, 1.82) is 0 Å². The molecule has 0 atom stereocenters. The molecule has 0 aliphatic carbocycles. The Balaban J connectivity index is 1.86. The van der Waals surface area contributed by atoms with Gasteiger partial charge in [-0.25, -0.2) is 8.42 Å². The zero-order valence-electron chi connectivity index (χ0n) is 19.3. The monoisotopic (exact) mass is 464 g/mol. The average molecular weight is 465 g/mol. The summed E-state index contributed by atoms with van der Waals surface area (Å²) in [6.07, 6.45) is 1.61. The Bertz CT molecular complexity index is 1010. The number of likely N-dealkylation sites (N-methyl/N-ethyl adjacent to an activating group) is 1. The van der Waals surface area contributed by atoms with Gasteiger partial charge >= 0.3 is 0 Å². The van der Waals surface area contributed by atoms with E-state index in [-0.39, 0.29) is 23.5 Å². The van der Waals surface area contributed by atoms with Gasteiger partial charge in [-0.3, -0.25) is 4.79 Å². The zero-order chi connectivity index (χ0) is 23.7. The molecular formula is C23H32N2O6S. The van der Waals surface area contributed by atoms with Crippen molar-refractivity contribution in [1.82, 2.24) is 9.62 Å². The molecule has 1 N–H and O–H groups in total. The number of hydrogen-bond donors (Lipinski definition) is 1. The van der Waals surface area contributed by atoms with Gasteiger partial charge in [-0.15, -0.1) is 0 Å². The Morgan fingerprint density at radius 3 is 2.44 bits per heavy atom. The molecule has 1 amide bonds. The van der Waals surface area contributed by atoms with Gasteiger partial charge in [0.2, 0.25) is 15.9 Å². The third kappa shape index (κ3) is 7.13. The molecule has 2 aromatic carbocycles. The van der Waals surface area contributed by atoms with Crippen LogP contribution in [0.25, 0.3) is 0 Å². The maximum Gasteiger partial charge on any atom is 0.243 e. The van der Waals surface area contributed by atoms with Crippen molar-refractivity contribution in [2.45, 2.75) is 37.7 Å². The number of nitrogens with zero attached hydrogens (tertiary/aromatic N) is 1. The Kier molecular flexibility index (Phi) is 9.34. The molecule has 0 heterocycles. The van der Waals surface area contributed by atoms with Crippen molar-refractivity contribution >= 4 is 15.9 Å². The van der Waals surface area contributed by atoms with E-state index in [1.165, 1.54) is 39.5 Å². The first-order valence-corrected chi connectivity index (χ1v) is 11.8. The molecular weight excluding hydrogens is 432 g/mol. The molecule has 0 bridgehead atoms. The third-order valence-electron chi connectivity index (χ3n) is 4.66. The molecule has 0 radical (unpaired) electrons. The van der Waals surface area contributed by atoms with Gasteiger partial charge in [0, 0.05) is 19.7 Å². The predicted octanol–water partition coefficient (Wildman–Crippen LogP) is 2.86. The molecule has 2 aromatic rings. The molecule has 0 aliphatic heterocycles. The lowest BCUT2D eigenvalue weighted by Crippen LogP contribution is -2.38. The molecule has 8 nitrogen and oxygen atoms in total. The number of nitrogens with one attached hydrogen (secondary N) is 1. The molecule has 0 saturated heterocycles. The Morgan fingerprint density at radius 2 is 1.78 bits per heavy atom. The van der Waals surface area contributed by atoms with Crippen molar-refractivity contribution < 1.29 is 27.4 Å². The maximum atomic E-state index is 12.8. The van der Waals surface area contributed by atoms with Crippen LogP contribution in [0.2, 0.25) is 0 Å². The summed E-state index contributed by atoms with van der Waals surface area (Å²) in [4.78, 5) is 12.3. The van der Waals surface area contributed by atoms with Crippen LogP contribution in [0.4, 0.5) is 0 Å². The summed E-state index contributed by atoms with van der Waals surface area (Å²) < 4.78 is 42.6. The molecule has 0 aromatic heterocycles. The van der Waals surface area contributed by atoms with Crippen molar-refractivity contribution in [2.24, 2.45) is 0 Å². The molecule has 9 heteroatoms. The standard InChI is InChI=1S/C23H32N2O6S/c1-17(2)31-19-10-6-8-18(14-19)9-7-13-24-23(26)16-25(3)32(27,28)20-11-12-21(29-4)22(15-20)30-5/h6,8,10-12,14-15,17H,7,9,13,16H2,1-5H3,(H,24,26). The van der Waals surface area contributed by atoms with Crippen LogP contribution >= 0.6 is 0 Å². The summed E-state index contributed by atoms with van der Waals surface area (Å²) in [7, 11) is 0.410. The number of carbonyl (C=O) groups is 1. The van der Waals surface area contributed by atoms with Crippen LogP contribution in [0.5, 0.6) is 17.2 Å². The van der Waals surface area contributed by atoms with Gasteiger partial charge in [-0.1, -0.05) is 12.1 Å². The van der Waals surface area contributed by atoms with Gasteiger partial charge in [0.25, 0.3) is 0 Å². The number of sulfonamides is 1. The van der Waals surface area contributed by atoms with E-state index < -0.39 is 10.0 Å². The number of benzene rings is 2. The van der Waals surface area contributed by atoms with Crippen LogP contribution in [0.1, 0.15) is 25.8 Å². The van der Waals surface area contributed by atoms with Crippen molar-refractivity contribution in [3.63, 3.8) is 0 Å². The molecule has 0 saturated carbocycles. The minimum Gasteiger partial charge on any atom is -0.493 e. The predicted molar refractivity (Wildman–Crippen MR) is 123 cm³/mol. The van der Waals surface area contributed by atoms with Crippen LogP contribution in [0.15, 0.2) is 47.4 Å². The van der Waals surface area contributed by atoms with Gasteiger partial charge in [0.1, 0.15) is 5.75 Å². The number of aryl methyl sites for hydroxylation is 1. The van der Waals surface area contributed by atoms with E-state index in [4.69, 9.17) is 14.2 Å². The second kappa shape index (κ2) is 11.7. The zero-order valence-corrected chi connectivity index (χ0v) is 20.1. The SMILES string of the molecule is COc1ccc(S(=O)(=O)N(C)CC(=O)NCCCc2cccc(OC(C)C)c2)cc1OC. The van der Waals surface area contributed by atoms with E-state index in [2.05, 4.69) is 5.32 Å². The number of methoxy groups -OCH3 is 2. The Hall–Kier alpha value is -2.78. The molecule has 32 heavy (non-hydrogen) atoms. The molecule has 176 valence electrons.